The molecule has 0 aliphatic rings. The van der Waals surface area contributed by atoms with Gasteiger partial charge in [-0.25, -0.2) is 9.97 Å². The molecule has 0 fully saturated rings. The minimum atomic E-state index is -0.431. The van der Waals surface area contributed by atoms with Crippen LogP contribution in [0.1, 0.15) is 69.4 Å². The van der Waals surface area contributed by atoms with Gasteiger partial charge >= 0.3 is 5.97 Å². The number of hydrogen-bond donors (Lipinski definition) is 0. The maximum Gasteiger partial charge on any atom is 0.306 e. The van der Waals surface area contributed by atoms with Gasteiger partial charge in [0, 0.05) is 29.9 Å². The summed E-state index contributed by atoms with van der Waals surface area (Å²) >= 11 is 3.32. The lowest BCUT2D eigenvalue weighted by Gasteiger charge is -2.19. The van der Waals surface area contributed by atoms with Crippen LogP contribution in [0.25, 0.3) is 11.4 Å². The van der Waals surface area contributed by atoms with Crippen molar-refractivity contribution in [1.82, 2.24) is 9.97 Å². The Balaban J connectivity index is 0.000000287. The van der Waals surface area contributed by atoms with Crippen LogP contribution in [-0.2, 0) is 21.4 Å². The first kappa shape index (κ1) is 27.4. The van der Waals surface area contributed by atoms with Gasteiger partial charge in [-0.05, 0) is 59.7 Å². The van der Waals surface area contributed by atoms with Gasteiger partial charge in [-0.1, -0.05) is 69.3 Å². The van der Waals surface area contributed by atoms with E-state index in [0.717, 1.165) is 27.4 Å². The first-order chi connectivity index (χ1) is 15.9. The minimum Gasteiger partial charge on any atom is -0.460 e. The van der Waals surface area contributed by atoms with Crippen molar-refractivity contribution < 1.29 is 14.3 Å². The van der Waals surface area contributed by atoms with Crippen molar-refractivity contribution in [2.45, 2.75) is 65.4 Å². The molecule has 0 aliphatic heterocycles. The smallest absolute Gasteiger partial charge is 0.306 e. The van der Waals surface area contributed by atoms with Crippen LogP contribution >= 0.6 is 15.9 Å². The highest BCUT2D eigenvalue weighted by Crippen LogP contribution is 2.22. The number of rotatable bonds is 5. The van der Waals surface area contributed by atoms with Crippen LogP contribution in [0, 0.1) is 0 Å². The van der Waals surface area contributed by atoms with E-state index in [4.69, 9.17) is 4.74 Å². The molecule has 180 valence electrons. The molecule has 0 amide bonds. The first-order valence-corrected chi connectivity index (χ1v) is 12.0. The maximum atomic E-state index is 11.7. The van der Waals surface area contributed by atoms with E-state index in [2.05, 4.69) is 46.7 Å². The molecule has 2 aromatic carbocycles. The Morgan fingerprint density at radius 3 is 1.94 bits per heavy atom. The highest BCUT2D eigenvalue weighted by Gasteiger charge is 2.16. The molecule has 6 heteroatoms. The molecule has 3 aromatic rings. The second kappa shape index (κ2) is 12.0. The number of hydrogen-bond acceptors (Lipinski definition) is 5. The molecule has 0 aliphatic carbocycles. The van der Waals surface area contributed by atoms with Crippen LogP contribution in [0.3, 0.4) is 0 Å². The lowest BCUT2D eigenvalue weighted by atomic mass is 9.87. The summed E-state index contributed by atoms with van der Waals surface area (Å²) in [6.45, 7) is 12.1. The molecule has 0 unspecified atom stereocenters. The predicted molar refractivity (Wildman–Crippen MR) is 140 cm³/mol. The Hall–Kier alpha value is -2.86. The van der Waals surface area contributed by atoms with E-state index < -0.39 is 5.60 Å². The highest BCUT2D eigenvalue weighted by molar-refractivity contribution is 9.10. The van der Waals surface area contributed by atoms with Gasteiger partial charge < -0.3 is 4.74 Å². The van der Waals surface area contributed by atoms with Crippen molar-refractivity contribution >= 4 is 28.2 Å². The Morgan fingerprint density at radius 1 is 0.912 bits per heavy atom. The third-order valence-corrected chi connectivity index (χ3v) is 5.19. The number of halogens is 1. The van der Waals surface area contributed by atoms with E-state index >= 15 is 0 Å². The molecule has 0 saturated heterocycles. The number of aryl methyl sites for hydroxylation is 1. The number of carbonyl (C=O) groups excluding carboxylic acids is 2. The second-order valence-corrected chi connectivity index (χ2v) is 10.9. The fourth-order valence-corrected chi connectivity index (χ4v) is 3.19. The fourth-order valence-electron chi connectivity index (χ4n) is 2.98. The minimum absolute atomic E-state index is 0.168. The highest BCUT2D eigenvalue weighted by atomic mass is 79.9. The van der Waals surface area contributed by atoms with Crippen molar-refractivity contribution in [3.8, 4) is 11.4 Å². The zero-order chi connectivity index (χ0) is 25.4. The van der Waals surface area contributed by atoms with Crippen LogP contribution in [0.5, 0.6) is 0 Å². The average Bonchev–Trinajstić information content (AvgIpc) is 2.77. The van der Waals surface area contributed by atoms with Gasteiger partial charge in [0.15, 0.2) is 5.82 Å². The van der Waals surface area contributed by atoms with E-state index in [1.165, 1.54) is 5.56 Å². The second-order valence-electron chi connectivity index (χ2n) is 10.00. The number of aldehydes is 1. The molecule has 0 radical (unpaired) electrons. The summed E-state index contributed by atoms with van der Waals surface area (Å²) in [5, 5.41) is 0. The van der Waals surface area contributed by atoms with Crippen molar-refractivity contribution in [2.24, 2.45) is 0 Å². The molecule has 1 heterocycles. The molecule has 34 heavy (non-hydrogen) atoms. The number of carbonyl (C=O) groups is 2. The summed E-state index contributed by atoms with van der Waals surface area (Å²) in [6, 6.07) is 15.6. The summed E-state index contributed by atoms with van der Waals surface area (Å²) in [4.78, 5) is 30.6. The topological polar surface area (TPSA) is 69.2 Å². The Bertz CT molecular complexity index is 1060. The molecule has 0 saturated carbocycles. The SMILES string of the molecule is CC(C)(C)OC(=O)CCc1ccc(-c2ncc(Br)cn2)cc1.CC(C)(C)c1ccc(C=O)cc1. The Morgan fingerprint density at radius 2 is 1.47 bits per heavy atom. The fraction of sp³-hybridized carbons (Fsp3) is 0.357. The monoisotopic (exact) mass is 524 g/mol. The Kier molecular flexibility index (Phi) is 9.68. The van der Waals surface area contributed by atoms with Gasteiger partial charge in [0.1, 0.15) is 11.9 Å². The van der Waals surface area contributed by atoms with E-state index in [1.54, 1.807) is 12.4 Å². The first-order valence-electron chi connectivity index (χ1n) is 11.2. The average molecular weight is 525 g/mol. The van der Waals surface area contributed by atoms with Gasteiger partial charge in [0.2, 0.25) is 0 Å². The number of esters is 1. The predicted octanol–water partition coefficient (Wildman–Crippen LogP) is 6.98. The third-order valence-electron chi connectivity index (χ3n) is 4.78. The lowest BCUT2D eigenvalue weighted by Crippen LogP contribution is -2.23. The van der Waals surface area contributed by atoms with Gasteiger partial charge in [-0.2, -0.15) is 0 Å². The summed E-state index contributed by atoms with van der Waals surface area (Å²) in [5.41, 5.74) is 3.78. The molecule has 0 atom stereocenters. The largest absolute Gasteiger partial charge is 0.460 e. The molecule has 3 rings (SSSR count). The number of benzene rings is 2. The van der Waals surface area contributed by atoms with Crippen molar-refractivity contribution in [2.75, 3.05) is 0 Å². The third kappa shape index (κ3) is 9.56. The van der Waals surface area contributed by atoms with Crippen molar-refractivity contribution in [3.05, 3.63) is 82.1 Å². The van der Waals surface area contributed by atoms with Gasteiger partial charge in [0.05, 0.1) is 4.47 Å². The van der Waals surface area contributed by atoms with Crippen LogP contribution < -0.4 is 0 Å². The molecular weight excluding hydrogens is 492 g/mol. The molecule has 0 N–H and O–H groups in total. The summed E-state index contributed by atoms with van der Waals surface area (Å²) in [7, 11) is 0. The van der Waals surface area contributed by atoms with Gasteiger partial charge in [0.25, 0.3) is 0 Å². The van der Waals surface area contributed by atoms with E-state index in [1.807, 2.05) is 69.3 Å². The summed E-state index contributed by atoms with van der Waals surface area (Å²) < 4.78 is 6.15. The number of aromatic nitrogens is 2. The molecule has 1 aromatic heterocycles. The normalized spacial score (nSPS) is 11.3. The molecular formula is C28H33BrN2O3. The van der Waals surface area contributed by atoms with Crippen molar-refractivity contribution in [1.29, 1.82) is 0 Å². The number of ether oxygens (including phenoxy) is 1. The zero-order valence-electron chi connectivity index (χ0n) is 20.8. The lowest BCUT2D eigenvalue weighted by molar-refractivity contribution is -0.154. The van der Waals surface area contributed by atoms with E-state index in [0.29, 0.717) is 18.7 Å². The van der Waals surface area contributed by atoms with Crippen LogP contribution in [-0.4, -0.2) is 27.8 Å². The van der Waals surface area contributed by atoms with Crippen LogP contribution in [0.4, 0.5) is 0 Å². The molecule has 0 bridgehead atoms. The van der Waals surface area contributed by atoms with Crippen LogP contribution in [0.2, 0.25) is 0 Å². The van der Waals surface area contributed by atoms with E-state index in [9.17, 15) is 9.59 Å². The van der Waals surface area contributed by atoms with Crippen molar-refractivity contribution in [3.63, 3.8) is 0 Å². The quantitative estimate of drug-likeness (QED) is 0.266. The molecule has 0 spiro atoms. The number of nitrogens with zero attached hydrogens (tertiary/aromatic N) is 2. The Labute approximate surface area is 211 Å². The summed E-state index contributed by atoms with van der Waals surface area (Å²) in [5.74, 6) is 0.509. The van der Waals surface area contributed by atoms with Gasteiger partial charge in [-0.15, -0.1) is 0 Å². The van der Waals surface area contributed by atoms with E-state index in [-0.39, 0.29) is 11.4 Å². The zero-order valence-corrected chi connectivity index (χ0v) is 22.3. The van der Waals surface area contributed by atoms with Gasteiger partial charge in [-0.3, -0.25) is 9.59 Å². The van der Waals surface area contributed by atoms with Crippen LogP contribution in [0.15, 0.2) is 65.4 Å². The summed E-state index contributed by atoms with van der Waals surface area (Å²) in [6.07, 6.45) is 5.35. The standard InChI is InChI=1S/C17H19BrN2O2.C11H14O/c1-17(2,3)22-15(21)9-6-12-4-7-13(8-5-12)16-19-10-14(18)11-20-16;1-11(2,3)10-6-4-9(8-12)5-7-10/h4-5,7-8,10-11H,6,9H2,1-3H3;4-8H,1-3H3. The molecule has 5 nitrogen and oxygen atoms in total. The maximum absolute atomic E-state index is 11.7.